The molecule has 0 radical (unpaired) electrons. The summed E-state index contributed by atoms with van der Waals surface area (Å²) in [4.78, 5) is 0. The maximum atomic E-state index is 9.54. The van der Waals surface area contributed by atoms with Crippen molar-refractivity contribution < 1.29 is 9.79 Å². The normalized spacial score (nSPS) is 18.3. The number of hydrazone groups is 1. The van der Waals surface area contributed by atoms with Crippen molar-refractivity contribution in [2.75, 3.05) is 6.54 Å². The number of thioether (sulfide) groups is 1. The van der Waals surface area contributed by atoms with E-state index in [-0.39, 0.29) is 11.0 Å². The molecule has 0 amide bonds. The topological polar surface area (TPSA) is 61.6 Å². The third-order valence-corrected chi connectivity index (χ3v) is 5.22. The molecule has 22 heavy (non-hydrogen) atoms. The summed E-state index contributed by atoms with van der Waals surface area (Å²) < 4.78 is 2.66. The Kier molecular flexibility index (Phi) is 4.49. The van der Waals surface area contributed by atoms with Gasteiger partial charge in [0.2, 0.25) is 0 Å². The number of amidine groups is 1. The second kappa shape index (κ2) is 6.54. The molecule has 1 unspecified atom stereocenters. The van der Waals surface area contributed by atoms with Crippen LogP contribution in [0.4, 0.5) is 0 Å². The number of hydrogen-bond donors (Lipinski definition) is 2. The van der Waals surface area contributed by atoms with Crippen LogP contribution in [-0.4, -0.2) is 27.7 Å². The Morgan fingerprint density at radius 1 is 1.27 bits per heavy atom. The number of nitrogens with two attached hydrogens (primary N) is 1. The third-order valence-electron chi connectivity index (χ3n) is 3.34. The molecule has 0 fully saturated rings. The van der Waals surface area contributed by atoms with E-state index in [1.54, 1.807) is 40.9 Å². The number of hydrogen-bond acceptors (Lipinski definition) is 4. The van der Waals surface area contributed by atoms with Crippen LogP contribution in [0.2, 0.25) is 0 Å². The van der Waals surface area contributed by atoms with Crippen LogP contribution in [0.1, 0.15) is 16.4 Å². The Labute approximate surface area is 141 Å². The molecule has 6 heteroatoms. The second-order valence-corrected chi connectivity index (χ2v) is 6.97. The largest absolute Gasteiger partial charge is 0.508 e. The minimum atomic E-state index is 0.208. The van der Waals surface area contributed by atoms with Crippen LogP contribution < -0.4 is 5.73 Å². The zero-order chi connectivity index (χ0) is 15.5. The number of halogens is 1. The van der Waals surface area contributed by atoms with Gasteiger partial charge in [0.25, 0.3) is 0 Å². The molecule has 112 valence electrons. The van der Waals surface area contributed by atoms with Crippen LogP contribution in [0, 0.1) is 0 Å². The first kappa shape index (κ1) is 15.1. The highest BCUT2D eigenvalue weighted by Crippen LogP contribution is 2.33. The Morgan fingerprint density at radius 3 is 2.82 bits per heavy atom. The zero-order valence-electron chi connectivity index (χ0n) is 11.7. The minimum Gasteiger partial charge on any atom is -0.508 e. The van der Waals surface area contributed by atoms with Crippen molar-refractivity contribution in [1.29, 1.82) is 0 Å². The first-order chi connectivity index (χ1) is 10.6. The molecule has 0 saturated heterocycles. The highest BCUT2D eigenvalue weighted by Gasteiger charge is 2.29. The fourth-order valence-corrected chi connectivity index (χ4v) is 3.59. The van der Waals surface area contributed by atoms with Crippen LogP contribution in [0.25, 0.3) is 0 Å². The van der Waals surface area contributed by atoms with Crippen LogP contribution in [0.5, 0.6) is 5.75 Å². The fourth-order valence-electron chi connectivity index (χ4n) is 2.20. The van der Waals surface area contributed by atoms with Crippen molar-refractivity contribution in [3.63, 3.8) is 0 Å². The predicted molar refractivity (Wildman–Crippen MR) is 94.5 cm³/mol. The van der Waals surface area contributed by atoms with Gasteiger partial charge in [0.1, 0.15) is 12.3 Å². The summed E-state index contributed by atoms with van der Waals surface area (Å²) in [6, 6.07) is 15.3. The Morgan fingerprint density at radius 2 is 2.05 bits per heavy atom. The molecule has 1 aliphatic heterocycles. The first-order valence-electron chi connectivity index (χ1n) is 6.77. The molecule has 1 atom stereocenters. The van der Waals surface area contributed by atoms with Crippen molar-refractivity contribution >= 4 is 39.1 Å². The standard InChI is InChI=1S/C16H14BrN3OS/c17-14-7-6-13(21)8-12(14)9-19-20-10-15(22-16(20)18)11-4-2-1-3-5-11/h1-9,15,18,21H,10H2/p+1. The number of aromatic hydroxyl groups is 1. The van der Waals surface area contributed by atoms with E-state index in [0.717, 1.165) is 16.6 Å². The minimum absolute atomic E-state index is 0.208. The average Bonchev–Trinajstić information content (AvgIpc) is 2.90. The summed E-state index contributed by atoms with van der Waals surface area (Å²) >= 11 is 5.05. The maximum absolute atomic E-state index is 9.54. The lowest BCUT2D eigenvalue weighted by atomic mass is 10.1. The SMILES string of the molecule is NC1=[N+](N=Cc2cc(O)ccc2Br)CC(c2ccccc2)S1. The van der Waals surface area contributed by atoms with Crippen LogP contribution in [0.3, 0.4) is 0 Å². The van der Waals surface area contributed by atoms with Crippen molar-refractivity contribution in [3.05, 3.63) is 64.1 Å². The molecule has 4 nitrogen and oxygen atoms in total. The smallest absolute Gasteiger partial charge is 0.330 e. The van der Waals surface area contributed by atoms with Crippen molar-refractivity contribution in [3.8, 4) is 5.75 Å². The maximum Gasteiger partial charge on any atom is 0.330 e. The van der Waals surface area contributed by atoms with Gasteiger partial charge in [-0.05, 0) is 35.5 Å². The lowest BCUT2D eigenvalue weighted by molar-refractivity contribution is -0.527. The van der Waals surface area contributed by atoms with E-state index >= 15 is 0 Å². The zero-order valence-corrected chi connectivity index (χ0v) is 14.1. The van der Waals surface area contributed by atoms with E-state index in [9.17, 15) is 5.11 Å². The molecule has 0 bridgehead atoms. The quantitative estimate of drug-likeness (QED) is 0.637. The van der Waals surface area contributed by atoms with E-state index < -0.39 is 0 Å². The van der Waals surface area contributed by atoms with Crippen LogP contribution in [-0.2, 0) is 0 Å². The Balaban J connectivity index is 1.77. The van der Waals surface area contributed by atoms with Gasteiger partial charge in [0.05, 0.1) is 11.5 Å². The lowest BCUT2D eigenvalue weighted by Crippen LogP contribution is -2.16. The molecule has 2 aromatic carbocycles. The number of nitrogens with zero attached hydrogens (tertiary/aromatic N) is 2. The van der Waals surface area contributed by atoms with E-state index in [1.165, 1.54) is 5.56 Å². The predicted octanol–water partition coefficient (Wildman–Crippen LogP) is 3.30. The van der Waals surface area contributed by atoms with Gasteiger partial charge in [0, 0.05) is 10.0 Å². The first-order valence-corrected chi connectivity index (χ1v) is 8.45. The monoisotopic (exact) mass is 376 g/mol. The van der Waals surface area contributed by atoms with Crippen LogP contribution in [0.15, 0.2) is 58.1 Å². The van der Waals surface area contributed by atoms with E-state index in [4.69, 9.17) is 5.73 Å². The van der Waals surface area contributed by atoms with E-state index in [2.05, 4.69) is 33.2 Å². The van der Waals surface area contributed by atoms with Crippen molar-refractivity contribution in [2.45, 2.75) is 5.25 Å². The molecular formula is C16H15BrN3OS+. The van der Waals surface area contributed by atoms with Gasteiger partial charge >= 0.3 is 5.17 Å². The van der Waals surface area contributed by atoms with E-state index in [0.29, 0.717) is 5.17 Å². The number of phenolic OH excluding ortho intramolecular Hbond substituents is 1. The summed E-state index contributed by atoms with van der Waals surface area (Å²) in [5.41, 5.74) is 8.12. The summed E-state index contributed by atoms with van der Waals surface area (Å²) in [6.45, 7) is 0.730. The van der Waals surface area contributed by atoms with Gasteiger partial charge in [-0.3, -0.25) is 5.73 Å². The van der Waals surface area contributed by atoms with Crippen molar-refractivity contribution in [2.24, 2.45) is 10.8 Å². The summed E-state index contributed by atoms with van der Waals surface area (Å²) in [7, 11) is 0. The molecule has 0 aliphatic carbocycles. The summed E-state index contributed by atoms with van der Waals surface area (Å²) in [6.07, 6.45) is 1.70. The third kappa shape index (κ3) is 3.34. The number of benzene rings is 2. The molecule has 0 spiro atoms. The Hall–Kier alpha value is -1.79. The van der Waals surface area contributed by atoms with Gasteiger partial charge in [-0.1, -0.05) is 51.4 Å². The number of rotatable bonds is 3. The summed E-state index contributed by atoms with van der Waals surface area (Å²) in [5, 5.41) is 14.9. The molecule has 1 heterocycles. The molecule has 1 aliphatic rings. The Bertz CT molecular complexity index is 746. The molecule has 3 rings (SSSR count). The lowest BCUT2D eigenvalue weighted by Gasteiger charge is -2.05. The second-order valence-electron chi connectivity index (χ2n) is 4.89. The van der Waals surface area contributed by atoms with E-state index in [1.807, 2.05) is 18.2 Å². The molecule has 0 saturated carbocycles. The summed E-state index contributed by atoms with van der Waals surface area (Å²) in [5.74, 6) is 0.208. The highest BCUT2D eigenvalue weighted by atomic mass is 79.9. The molecule has 0 aromatic heterocycles. The molecule has 2 aromatic rings. The number of phenols is 1. The van der Waals surface area contributed by atoms with Crippen molar-refractivity contribution in [1.82, 2.24) is 0 Å². The fraction of sp³-hybridized carbons (Fsp3) is 0.125. The highest BCUT2D eigenvalue weighted by molar-refractivity contribution is 9.10. The van der Waals surface area contributed by atoms with Gasteiger partial charge in [-0.15, -0.1) is 4.68 Å². The van der Waals surface area contributed by atoms with Crippen LogP contribution >= 0.6 is 27.7 Å². The average molecular weight is 377 g/mol. The van der Waals surface area contributed by atoms with Gasteiger partial charge in [-0.25, -0.2) is 0 Å². The van der Waals surface area contributed by atoms with Gasteiger partial charge in [-0.2, -0.15) is 0 Å². The molecular weight excluding hydrogens is 362 g/mol. The van der Waals surface area contributed by atoms with Gasteiger partial charge in [0.15, 0.2) is 0 Å². The molecule has 3 N–H and O–H groups in total. The van der Waals surface area contributed by atoms with Gasteiger partial charge < -0.3 is 5.11 Å².